The van der Waals surface area contributed by atoms with Crippen LogP contribution in [0.5, 0.6) is 0 Å². The third kappa shape index (κ3) is 4.89. The van der Waals surface area contributed by atoms with E-state index in [-0.39, 0.29) is 5.82 Å². The molecular weight excluding hydrogens is 245 g/mol. The first-order valence-corrected chi connectivity index (χ1v) is 6.43. The zero-order valence-electron chi connectivity index (χ0n) is 8.80. The fraction of sp³-hybridized carbons (Fsp3) is 0.333. The van der Waals surface area contributed by atoms with E-state index in [4.69, 9.17) is 18.0 Å². The number of rotatable bonds is 6. The van der Waals surface area contributed by atoms with Gasteiger partial charge in [-0.2, -0.15) is 0 Å². The van der Waals surface area contributed by atoms with Gasteiger partial charge in [0.05, 0.1) is 5.75 Å². The van der Waals surface area contributed by atoms with E-state index in [0.29, 0.717) is 11.6 Å². The number of hydrogen-bond donors (Lipinski definition) is 1. The first kappa shape index (κ1) is 13.4. The minimum Gasteiger partial charge on any atom is -0.312 e. The average Bonchev–Trinajstić information content (AvgIpc) is 2.26. The summed E-state index contributed by atoms with van der Waals surface area (Å²) in [6.07, 6.45) is 5.12. The predicted octanol–water partition coefficient (Wildman–Crippen LogP) is 2.94. The van der Waals surface area contributed by atoms with Crippen LogP contribution >= 0.6 is 23.4 Å². The second kappa shape index (κ2) is 7.56. The topological polar surface area (TPSA) is 12.0 Å². The van der Waals surface area contributed by atoms with Gasteiger partial charge in [-0.05, 0) is 17.7 Å². The fourth-order valence-corrected chi connectivity index (χ4v) is 1.95. The molecule has 0 atom stereocenters. The Morgan fingerprint density at radius 3 is 3.00 bits per heavy atom. The van der Waals surface area contributed by atoms with E-state index in [1.807, 2.05) is 0 Å². The molecule has 0 aliphatic heterocycles. The molecule has 0 fully saturated rings. The van der Waals surface area contributed by atoms with Crippen molar-refractivity contribution in [3.63, 3.8) is 0 Å². The molecule has 1 aromatic rings. The first-order chi connectivity index (χ1) is 7.74. The van der Waals surface area contributed by atoms with Gasteiger partial charge in [0.2, 0.25) is 0 Å². The number of benzene rings is 1. The number of nitrogens with one attached hydrogen (secondary N) is 1. The van der Waals surface area contributed by atoms with E-state index in [1.54, 1.807) is 17.8 Å². The average molecular weight is 258 g/mol. The summed E-state index contributed by atoms with van der Waals surface area (Å²) in [4.78, 5) is 0. The van der Waals surface area contributed by atoms with Gasteiger partial charge in [-0.15, -0.1) is 18.2 Å². The summed E-state index contributed by atoms with van der Waals surface area (Å²) >= 11 is 7.58. The van der Waals surface area contributed by atoms with Crippen molar-refractivity contribution in [2.24, 2.45) is 0 Å². The highest BCUT2D eigenvalue weighted by Gasteiger charge is 2.00. The maximum Gasteiger partial charge on any atom is 0.124 e. The van der Waals surface area contributed by atoms with E-state index in [2.05, 4.69) is 11.2 Å². The molecule has 86 valence electrons. The Labute approximate surface area is 105 Å². The molecule has 1 N–H and O–H groups in total. The first-order valence-electron chi connectivity index (χ1n) is 4.90. The summed E-state index contributed by atoms with van der Waals surface area (Å²) in [5.74, 6) is 3.95. The van der Waals surface area contributed by atoms with Crippen molar-refractivity contribution in [1.82, 2.24) is 5.32 Å². The van der Waals surface area contributed by atoms with E-state index in [1.165, 1.54) is 12.1 Å². The van der Waals surface area contributed by atoms with E-state index in [9.17, 15) is 4.39 Å². The summed E-state index contributed by atoms with van der Waals surface area (Å²) in [6, 6.07) is 4.43. The monoisotopic (exact) mass is 257 g/mol. The van der Waals surface area contributed by atoms with E-state index in [0.717, 1.165) is 23.6 Å². The highest BCUT2D eigenvalue weighted by Crippen LogP contribution is 2.16. The van der Waals surface area contributed by atoms with Gasteiger partial charge < -0.3 is 5.32 Å². The lowest BCUT2D eigenvalue weighted by molar-refractivity contribution is 0.626. The van der Waals surface area contributed by atoms with Crippen molar-refractivity contribution >= 4 is 23.4 Å². The zero-order valence-corrected chi connectivity index (χ0v) is 10.4. The van der Waals surface area contributed by atoms with Gasteiger partial charge in [0.25, 0.3) is 0 Å². The Balaban J connectivity index is 2.25. The third-order valence-corrected chi connectivity index (χ3v) is 3.15. The number of thioether (sulfide) groups is 1. The van der Waals surface area contributed by atoms with Crippen molar-refractivity contribution in [1.29, 1.82) is 0 Å². The maximum absolute atomic E-state index is 12.7. The van der Waals surface area contributed by atoms with Gasteiger partial charge in [0, 0.05) is 23.9 Å². The van der Waals surface area contributed by atoms with Crippen molar-refractivity contribution in [3.05, 3.63) is 34.6 Å². The number of halogens is 2. The fourth-order valence-electron chi connectivity index (χ4n) is 1.16. The van der Waals surface area contributed by atoms with Crippen LogP contribution in [-0.4, -0.2) is 18.1 Å². The molecule has 4 heteroatoms. The molecule has 0 aliphatic carbocycles. The lowest BCUT2D eigenvalue weighted by Crippen LogP contribution is -2.16. The number of terminal acetylenes is 1. The summed E-state index contributed by atoms with van der Waals surface area (Å²) in [5, 5.41) is 3.69. The van der Waals surface area contributed by atoms with Crippen LogP contribution in [0.15, 0.2) is 18.2 Å². The largest absolute Gasteiger partial charge is 0.312 e. The second-order valence-corrected chi connectivity index (χ2v) is 4.68. The normalized spacial score (nSPS) is 10.1. The van der Waals surface area contributed by atoms with Gasteiger partial charge in [-0.25, -0.2) is 4.39 Å². The van der Waals surface area contributed by atoms with Crippen molar-refractivity contribution in [3.8, 4) is 12.3 Å². The second-order valence-electron chi connectivity index (χ2n) is 3.17. The third-order valence-electron chi connectivity index (χ3n) is 1.94. The van der Waals surface area contributed by atoms with Crippen LogP contribution < -0.4 is 5.32 Å². The van der Waals surface area contributed by atoms with Crippen LogP contribution in [0.25, 0.3) is 0 Å². The Kier molecular flexibility index (Phi) is 6.32. The molecule has 0 amide bonds. The van der Waals surface area contributed by atoms with Gasteiger partial charge in [0.15, 0.2) is 0 Å². The van der Waals surface area contributed by atoms with E-state index >= 15 is 0 Å². The molecule has 0 bridgehead atoms. The molecule has 1 nitrogen and oxygen atoms in total. The summed E-state index contributed by atoms with van der Waals surface area (Å²) in [6.45, 7) is 1.51. The van der Waals surface area contributed by atoms with Gasteiger partial charge in [-0.1, -0.05) is 23.6 Å². The Morgan fingerprint density at radius 1 is 1.50 bits per heavy atom. The van der Waals surface area contributed by atoms with Gasteiger partial charge in [0.1, 0.15) is 5.82 Å². The molecule has 0 spiro atoms. The SMILES string of the molecule is C#CCSCCNCc1ccc(F)cc1Cl. The molecular formula is C12H13ClFNS. The van der Waals surface area contributed by atoms with Crippen molar-refractivity contribution in [2.45, 2.75) is 6.54 Å². The molecule has 16 heavy (non-hydrogen) atoms. The lowest BCUT2D eigenvalue weighted by atomic mass is 10.2. The molecule has 0 aliphatic rings. The summed E-state index contributed by atoms with van der Waals surface area (Å²) in [7, 11) is 0. The lowest BCUT2D eigenvalue weighted by Gasteiger charge is -2.06. The Morgan fingerprint density at radius 2 is 2.31 bits per heavy atom. The summed E-state index contributed by atoms with van der Waals surface area (Å²) < 4.78 is 12.7. The van der Waals surface area contributed by atoms with Crippen LogP contribution in [-0.2, 0) is 6.54 Å². The molecule has 1 aromatic carbocycles. The minimum absolute atomic E-state index is 0.307. The standard InChI is InChI=1S/C12H13ClFNS/c1-2-6-16-7-5-15-9-10-3-4-11(14)8-12(10)13/h1,3-4,8,15H,5-7,9H2. The molecule has 1 rings (SSSR count). The highest BCUT2D eigenvalue weighted by molar-refractivity contribution is 7.99. The van der Waals surface area contributed by atoms with E-state index < -0.39 is 0 Å². The van der Waals surface area contributed by atoms with Crippen LogP contribution in [0.3, 0.4) is 0 Å². The molecule has 0 radical (unpaired) electrons. The van der Waals surface area contributed by atoms with Crippen molar-refractivity contribution in [2.75, 3.05) is 18.1 Å². The molecule has 0 unspecified atom stereocenters. The quantitative estimate of drug-likeness (QED) is 0.621. The minimum atomic E-state index is -0.307. The van der Waals surface area contributed by atoms with Crippen LogP contribution in [0.4, 0.5) is 4.39 Å². The Hall–Kier alpha value is -0.690. The smallest absolute Gasteiger partial charge is 0.124 e. The highest BCUT2D eigenvalue weighted by atomic mass is 35.5. The Bertz CT molecular complexity index is 376. The maximum atomic E-state index is 12.7. The predicted molar refractivity (Wildman–Crippen MR) is 69.3 cm³/mol. The molecule has 0 saturated carbocycles. The van der Waals surface area contributed by atoms with Crippen LogP contribution in [0, 0.1) is 18.2 Å². The number of hydrogen-bond acceptors (Lipinski definition) is 2. The van der Waals surface area contributed by atoms with Crippen molar-refractivity contribution < 1.29 is 4.39 Å². The summed E-state index contributed by atoms with van der Waals surface area (Å²) in [5.41, 5.74) is 0.907. The van der Waals surface area contributed by atoms with Gasteiger partial charge in [-0.3, -0.25) is 0 Å². The van der Waals surface area contributed by atoms with Crippen LogP contribution in [0.2, 0.25) is 5.02 Å². The zero-order chi connectivity index (χ0) is 11.8. The van der Waals surface area contributed by atoms with Crippen LogP contribution in [0.1, 0.15) is 5.56 Å². The van der Waals surface area contributed by atoms with Gasteiger partial charge >= 0.3 is 0 Å². The molecule has 0 heterocycles. The molecule has 0 saturated heterocycles. The molecule has 0 aromatic heterocycles.